The average Bonchev–Trinajstić information content (AvgIpc) is 2.75. The van der Waals surface area contributed by atoms with E-state index in [4.69, 9.17) is 16.3 Å². The molecule has 1 aliphatic heterocycles. The third-order valence-corrected chi connectivity index (χ3v) is 7.37. The average molecular weight is 471 g/mol. The molecule has 1 amide bonds. The van der Waals surface area contributed by atoms with Crippen LogP contribution >= 0.6 is 11.6 Å². The predicted molar refractivity (Wildman–Crippen MR) is 126 cm³/mol. The van der Waals surface area contributed by atoms with Crippen molar-refractivity contribution in [1.82, 2.24) is 0 Å². The van der Waals surface area contributed by atoms with Gasteiger partial charge < -0.3 is 10.1 Å². The molecule has 1 heterocycles. The number of ether oxygens (including phenoxy) is 1. The van der Waals surface area contributed by atoms with Crippen molar-refractivity contribution in [2.45, 2.75) is 31.8 Å². The summed E-state index contributed by atoms with van der Waals surface area (Å²) < 4.78 is 34.0. The smallest absolute Gasteiger partial charge is 0.267 e. The summed E-state index contributed by atoms with van der Waals surface area (Å²) in [6, 6.07) is 16.7. The quantitative estimate of drug-likeness (QED) is 0.590. The third kappa shape index (κ3) is 4.18. The zero-order valence-electron chi connectivity index (χ0n) is 17.9. The van der Waals surface area contributed by atoms with Gasteiger partial charge in [0.15, 0.2) is 6.10 Å². The van der Waals surface area contributed by atoms with Gasteiger partial charge in [-0.3, -0.25) is 9.10 Å². The fourth-order valence-corrected chi connectivity index (χ4v) is 5.54. The highest BCUT2D eigenvalue weighted by molar-refractivity contribution is 7.92. The van der Waals surface area contributed by atoms with Gasteiger partial charge >= 0.3 is 0 Å². The third-order valence-electron chi connectivity index (χ3n) is 5.34. The maximum Gasteiger partial charge on any atom is 0.267 e. The van der Waals surface area contributed by atoms with E-state index in [1.165, 1.54) is 22.5 Å². The normalized spacial score (nSPS) is 15.6. The molecular formula is C24H23ClN2O4S. The molecule has 6 nitrogen and oxygen atoms in total. The number of anilines is 2. The molecule has 3 aromatic rings. The summed E-state index contributed by atoms with van der Waals surface area (Å²) in [7, 11) is -3.94. The Kier molecular flexibility index (Phi) is 5.88. The first-order chi connectivity index (χ1) is 15.2. The molecule has 1 N–H and O–H groups in total. The van der Waals surface area contributed by atoms with Crippen molar-refractivity contribution in [1.29, 1.82) is 0 Å². The number of nitrogens with one attached hydrogen (secondary N) is 1. The molecule has 0 fully saturated rings. The molecule has 1 atom stereocenters. The minimum Gasteiger partial charge on any atom is -0.476 e. The maximum atomic E-state index is 13.4. The highest BCUT2D eigenvalue weighted by Gasteiger charge is 2.38. The van der Waals surface area contributed by atoms with Crippen molar-refractivity contribution in [3.05, 3.63) is 82.4 Å². The Hall–Kier alpha value is -3.03. The monoisotopic (exact) mass is 470 g/mol. The van der Waals surface area contributed by atoms with Gasteiger partial charge in [0, 0.05) is 10.7 Å². The van der Waals surface area contributed by atoms with Crippen LogP contribution < -0.4 is 14.4 Å². The van der Waals surface area contributed by atoms with Gasteiger partial charge in [0.25, 0.3) is 15.9 Å². The van der Waals surface area contributed by atoms with E-state index in [0.29, 0.717) is 16.4 Å². The number of nitrogens with zero attached hydrogens (tertiary/aromatic N) is 1. The number of aryl methyl sites for hydroxylation is 3. The molecule has 166 valence electrons. The van der Waals surface area contributed by atoms with Gasteiger partial charge in [-0.05, 0) is 62.2 Å². The number of hydrogen-bond donors (Lipinski definition) is 1. The predicted octanol–water partition coefficient (Wildman–Crippen LogP) is 4.86. The molecule has 0 aliphatic carbocycles. The number of fused-ring (bicyclic) bond motifs is 1. The van der Waals surface area contributed by atoms with E-state index in [9.17, 15) is 13.2 Å². The Morgan fingerprint density at radius 1 is 1.03 bits per heavy atom. The lowest BCUT2D eigenvalue weighted by atomic mass is 10.0. The van der Waals surface area contributed by atoms with Crippen LogP contribution in [0.2, 0.25) is 5.02 Å². The molecule has 0 saturated heterocycles. The Bertz CT molecular complexity index is 1270. The largest absolute Gasteiger partial charge is 0.476 e. The van der Waals surface area contributed by atoms with Crippen molar-refractivity contribution >= 4 is 38.9 Å². The second-order valence-corrected chi connectivity index (χ2v) is 10.1. The summed E-state index contributed by atoms with van der Waals surface area (Å²) in [4.78, 5) is 13.3. The first kappa shape index (κ1) is 22.2. The number of carbonyl (C=O) groups excluding carboxylic acids is 1. The topological polar surface area (TPSA) is 75.7 Å². The zero-order valence-corrected chi connectivity index (χ0v) is 19.5. The molecule has 0 unspecified atom stereocenters. The van der Waals surface area contributed by atoms with Crippen molar-refractivity contribution in [2.75, 3.05) is 16.2 Å². The highest BCUT2D eigenvalue weighted by Crippen LogP contribution is 2.39. The first-order valence-corrected chi connectivity index (χ1v) is 11.9. The summed E-state index contributed by atoms with van der Waals surface area (Å²) in [5.74, 6) is -0.147. The summed E-state index contributed by atoms with van der Waals surface area (Å²) in [6.07, 6.45) is -1.04. The Morgan fingerprint density at radius 2 is 1.69 bits per heavy atom. The molecule has 0 saturated carbocycles. The number of sulfonamides is 1. The molecule has 8 heteroatoms. The van der Waals surface area contributed by atoms with Crippen LogP contribution in [0.3, 0.4) is 0 Å². The van der Waals surface area contributed by atoms with Gasteiger partial charge in [-0.1, -0.05) is 47.5 Å². The minimum atomic E-state index is -3.94. The number of amides is 1. The standard InChI is InChI=1S/C24H23ClN2O4S/c1-15-11-16(2)23(17(3)12-15)26-24(28)22-14-27(20-13-18(25)9-10-21(20)31-22)32(29,30)19-7-5-4-6-8-19/h4-13,22H,14H2,1-3H3,(H,26,28)/t22-/m0/s1. The molecule has 1 aliphatic rings. The second kappa shape index (κ2) is 8.48. The van der Waals surface area contributed by atoms with Gasteiger partial charge in [0.2, 0.25) is 0 Å². The molecule has 0 bridgehead atoms. The molecule has 0 spiro atoms. The molecule has 3 aromatic carbocycles. The number of halogens is 1. The van der Waals surface area contributed by atoms with Gasteiger partial charge in [-0.15, -0.1) is 0 Å². The zero-order chi connectivity index (χ0) is 23.0. The Balaban J connectivity index is 1.71. The lowest BCUT2D eigenvalue weighted by Crippen LogP contribution is -2.49. The first-order valence-electron chi connectivity index (χ1n) is 10.1. The molecule has 0 radical (unpaired) electrons. The Morgan fingerprint density at radius 3 is 2.34 bits per heavy atom. The van der Waals surface area contributed by atoms with E-state index in [0.717, 1.165) is 16.7 Å². The summed E-state index contributed by atoms with van der Waals surface area (Å²) in [5, 5.41) is 3.29. The van der Waals surface area contributed by atoms with Crippen LogP contribution in [0.1, 0.15) is 16.7 Å². The van der Waals surface area contributed by atoms with Crippen LogP contribution in [0.15, 0.2) is 65.6 Å². The lowest BCUT2D eigenvalue weighted by Gasteiger charge is -2.35. The van der Waals surface area contributed by atoms with Gasteiger partial charge in [-0.2, -0.15) is 0 Å². The van der Waals surface area contributed by atoms with Crippen LogP contribution in [0.4, 0.5) is 11.4 Å². The van der Waals surface area contributed by atoms with Crippen LogP contribution in [-0.2, 0) is 14.8 Å². The van der Waals surface area contributed by atoms with Crippen molar-refractivity contribution in [3.8, 4) is 5.75 Å². The molecule has 32 heavy (non-hydrogen) atoms. The number of rotatable bonds is 4. The molecular weight excluding hydrogens is 448 g/mol. The van der Waals surface area contributed by atoms with E-state index in [-0.39, 0.29) is 17.2 Å². The van der Waals surface area contributed by atoms with E-state index in [2.05, 4.69) is 5.32 Å². The van der Waals surface area contributed by atoms with Crippen LogP contribution in [0, 0.1) is 20.8 Å². The SMILES string of the molecule is Cc1cc(C)c(NC(=O)[C@@H]2CN(S(=O)(=O)c3ccccc3)c3cc(Cl)ccc3O2)c(C)c1. The fourth-order valence-electron chi connectivity index (χ4n) is 3.89. The van der Waals surface area contributed by atoms with E-state index >= 15 is 0 Å². The summed E-state index contributed by atoms with van der Waals surface area (Å²) in [5.41, 5.74) is 3.94. The fraction of sp³-hybridized carbons (Fsp3) is 0.208. The van der Waals surface area contributed by atoms with Crippen LogP contribution in [0.25, 0.3) is 0 Å². The van der Waals surface area contributed by atoms with Crippen LogP contribution in [-0.4, -0.2) is 27.0 Å². The number of benzene rings is 3. The van der Waals surface area contributed by atoms with Crippen molar-refractivity contribution in [3.63, 3.8) is 0 Å². The summed E-state index contributed by atoms with van der Waals surface area (Å²) in [6.45, 7) is 5.65. The van der Waals surface area contributed by atoms with Crippen molar-refractivity contribution in [2.24, 2.45) is 0 Å². The highest BCUT2D eigenvalue weighted by atomic mass is 35.5. The van der Waals surface area contributed by atoms with Gasteiger partial charge in [0.1, 0.15) is 5.75 Å². The minimum absolute atomic E-state index is 0.122. The number of hydrogen-bond acceptors (Lipinski definition) is 4. The van der Waals surface area contributed by atoms with Crippen molar-refractivity contribution < 1.29 is 17.9 Å². The van der Waals surface area contributed by atoms with Gasteiger partial charge in [-0.25, -0.2) is 8.42 Å². The molecule has 4 rings (SSSR count). The van der Waals surface area contributed by atoms with Crippen LogP contribution in [0.5, 0.6) is 5.75 Å². The van der Waals surface area contributed by atoms with E-state index in [1.807, 2.05) is 32.9 Å². The van der Waals surface area contributed by atoms with Gasteiger partial charge in [0.05, 0.1) is 17.1 Å². The van der Waals surface area contributed by atoms with E-state index < -0.39 is 22.0 Å². The second-order valence-electron chi connectivity index (χ2n) is 7.83. The number of carbonyl (C=O) groups is 1. The summed E-state index contributed by atoms with van der Waals surface area (Å²) >= 11 is 6.14. The van der Waals surface area contributed by atoms with E-state index in [1.54, 1.807) is 30.3 Å². The Labute approximate surface area is 192 Å². The maximum absolute atomic E-state index is 13.4. The lowest BCUT2D eigenvalue weighted by molar-refractivity contribution is -0.122. The molecule has 0 aromatic heterocycles.